The zero-order chi connectivity index (χ0) is 18.5. The Morgan fingerprint density at radius 1 is 1.08 bits per heavy atom. The molecule has 0 saturated heterocycles. The number of nitrogens with zero attached hydrogens (tertiary/aromatic N) is 7. The normalized spacial score (nSPS) is 16.2. The number of hydrogen-bond acceptors (Lipinski definition) is 6. The summed E-state index contributed by atoms with van der Waals surface area (Å²) in [5.74, 6) is 0.555. The third kappa shape index (κ3) is 2.53. The highest BCUT2D eigenvalue weighted by Gasteiger charge is 2.29. The van der Waals surface area contributed by atoms with Crippen LogP contribution in [-0.2, 0) is 17.1 Å². The molecule has 0 spiro atoms. The van der Waals surface area contributed by atoms with Gasteiger partial charge in [-0.1, -0.05) is 6.08 Å². The third-order valence-electron chi connectivity index (χ3n) is 4.87. The molecule has 0 atom stereocenters. The van der Waals surface area contributed by atoms with E-state index in [9.17, 15) is 8.42 Å². The van der Waals surface area contributed by atoms with E-state index in [2.05, 4.69) is 20.2 Å². The van der Waals surface area contributed by atoms with Crippen LogP contribution in [0, 0.1) is 13.8 Å². The first-order chi connectivity index (χ1) is 12.4. The van der Waals surface area contributed by atoms with Crippen LogP contribution < -0.4 is 0 Å². The summed E-state index contributed by atoms with van der Waals surface area (Å²) in [6, 6.07) is 0. The molecule has 0 aromatic carbocycles. The summed E-state index contributed by atoms with van der Waals surface area (Å²) in [5, 5.41) is 8.23. The quantitative estimate of drug-likeness (QED) is 0.678. The Hall–Kier alpha value is -2.59. The summed E-state index contributed by atoms with van der Waals surface area (Å²) in [6.45, 7) is 4.45. The molecule has 0 saturated carbocycles. The lowest BCUT2D eigenvalue weighted by Crippen LogP contribution is -2.35. The molecule has 0 aliphatic carbocycles. The molecule has 0 N–H and O–H groups in total. The lowest BCUT2D eigenvalue weighted by molar-refractivity contribution is 0.440. The van der Waals surface area contributed by atoms with Crippen LogP contribution in [0.1, 0.15) is 23.4 Å². The van der Waals surface area contributed by atoms with Crippen molar-refractivity contribution in [3.05, 3.63) is 41.7 Å². The van der Waals surface area contributed by atoms with Crippen LogP contribution in [0.5, 0.6) is 0 Å². The molecular weight excluding hydrogens is 354 g/mol. The monoisotopic (exact) mass is 373 g/mol. The van der Waals surface area contributed by atoms with Gasteiger partial charge in [-0.3, -0.25) is 4.68 Å². The molecule has 9 nitrogen and oxygen atoms in total. The molecule has 26 heavy (non-hydrogen) atoms. The van der Waals surface area contributed by atoms with Gasteiger partial charge in [0.2, 0.25) is 10.0 Å². The lowest BCUT2D eigenvalue weighted by Gasteiger charge is -2.26. The Morgan fingerprint density at radius 2 is 1.88 bits per heavy atom. The fourth-order valence-electron chi connectivity index (χ4n) is 3.19. The number of hydrogen-bond donors (Lipinski definition) is 0. The highest BCUT2D eigenvalue weighted by molar-refractivity contribution is 7.89. The highest BCUT2D eigenvalue weighted by Crippen LogP contribution is 2.28. The topological polar surface area (TPSA) is 98.3 Å². The second-order valence-corrected chi connectivity index (χ2v) is 8.20. The van der Waals surface area contributed by atoms with E-state index in [1.165, 1.54) is 16.8 Å². The molecule has 0 bridgehead atoms. The maximum absolute atomic E-state index is 12.9. The van der Waals surface area contributed by atoms with E-state index >= 15 is 0 Å². The minimum absolute atomic E-state index is 0.263. The van der Waals surface area contributed by atoms with Crippen molar-refractivity contribution in [3.8, 4) is 0 Å². The van der Waals surface area contributed by atoms with E-state index in [1.54, 1.807) is 29.4 Å². The first-order valence-corrected chi connectivity index (χ1v) is 9.67. The first kappa shape index (κ1) is 16.9. The zero-order valence-electron chi connectivity index (χ0n) is 14.8. The van der Waals surface area contributed by atoms with Crippen LogP contribution in [0.2, 0.25) is 0 Å². The highest BCUT2D eigenvalue weighted by atomic mass is 32.2. The predicted octanol–water partition coefficient (Wildman–Crippen LogP) is 0.953. The summed E-state index contributed by atoms with van der Waals surface area (Å²) >= 11 is 0. The second-order valence-electron chi connectivity index (χ2n) is 6.29. The van der Waals surface area contributed by atoms with Gasteiger partial charge in [0, 0.05) is 31.9 Å². The van der Waals surface area contributed by atoms with Crippen LogP contribution >= 0.6 is 0 Å². The molecule has 0 fully saturated rings. The van der Waals surface area contributed by atoms with Gasteiger partial charge in [-0.15, -0.1) is 0 Å². The van der Waals surface area contributed by atoms with Crippen molar-refractivity contribution in [1.29, 1.82) is 0 Å². The standard InChI is InChI=1S/C16H19N7O2S/c1-11-14(8-17-16-18-10-20-23(11)16)13-4-6-22(7-5-13)26(24,25)15-9-19-21(3)12(15)2/h4,8-10H,5-7H2,1-3H3. The fourth-order valence-corrected chi connectivity index (χ4v) is 4.76. The van der Waals surface area contributed by atoms with Crippen molar-refractivity contribution in [2.75, 3.05) is 13.1 Å². The first-order valence-electron chi connectivity index (χ1n) is 8.23. The Bertz CT molecular complexity index is 1130. The summed E-state index contributed by atoms with van der Waals surface area (Å²) in [4.78, 5) is 8.66. The Labute approximate surface area is 151 Å². The molecule has 0 unspecified atom stereocenters. The summed E-state index contributed by atoms with van der Waals surface area (Å²) in [6.07, 6.45) is 7.22. The summed E-state index contributed by atoms with van der Waals surface area (Å²) in [7, 11) is -1.82. The summed E-state index contributed by atoms with van der Waals surface area (Å²) < 4.78 is 30.5. The van der Waals surface area contributed by atoms with E-state index in [-0.39, 0.29) is 4.90 Å². The van der Waals surface area contributed by atoms with E-state index in [0.29, 0.717) is 31.0 Å². The van der Waals surface area contributed by atoms with E-state index < -0.39 is 10.0 Å². The molecular formula is C16H19N7O2S. The third-order valence-corrected chi connectivity index (χ3v) is 6.84. The van der Waals surface area contributed by atoms with E-state index in [4.69, 9.17) is 0 Å². The molecule has 0 radical (unpaired) electrons. The zero-order valence-corrected chi connectivity index (χ0v) is 15.6. The van der Waals surface area contributed by atoms with Crippen LogP contribution in [0.25, 0.3) is 11.4 Å². The SMILES string of the molecule is Cc1c(S(=O)(=O)N2CC=C(c3cnc4ncnn4c3C)CC2)cnn1C. The lowest BCUT2D eigenvalue weighted by atomic mass is 10.0. The van der Waals surface area contributed by atoms with Gasteiger partial charge in [-0.25, -0.2) is 17.9 Å². The number of aromatic nitrogens is 6. The molecule has 0 amide bonds. The van der Waals surface area contributed by atoms with Crippen LogP contribution in [0.15, 0.2) is 29.7 Å². The molecule has 4 rings (SSSR count). The van der Waals surface area contributed by atoms with Crippen LogP contribution in [0.3, 0.4) is 0 Å². The average molecular weight is 373 g/mol. The van der Waals surface area contributed by atoms with Gasteiger partial charge in [-0.2, -0.15) is 19.5 Å². The van der Waals surface area contributed by atoms with Crippen molar-refractivity contribution in [2.45, 2.75) is 25.2 Å². The Balaban J connectivity index is 1.64. The van der Waals surface area contributed by atoms with Crippen molar-refractivity contribution in [2.24, 2.45) is 7.05 Å². The van der Waals surface area contributed by atoms with Gasteiger partial charge in [0.05, 0.1) is 17.6 Å². The van der Waals surface area contributed by atoms with Crippen LogP contribution in [-0.4, -0.2) is 55.2 Å². The van der Waals surface area contributed by atoms with Gasteiger partial charge in [0.25, 0.3) is 5.78 Å². The van der Waals surface area contributed by atoms with E-state index in [0.717, 1.165) is 16.8 Å². The fraction of sp³-hybridized carbons (Fsp3) is 0.375. The minimum atomic E-state index is -3.55. The average Bonchev–Trinajstić information content (AvgIpc) is 3.23. The number of sulfonamides is 1. The maximum Gasteiger partial charge on any atom is 0.252 e. The number of rotatable bonds is 3. The predicted molar refractivity (Wildman–Crippen MR) is 94.8 cm³/mol. The molecule has 1 aliphatic heterocycles. The van der Waals surface area contributed by atoms with Crippen molar-refractivity contribution in [3.63, 3.8) is 0 Å². The van der Waals surface area contributed by atoms with Gasteiger partial charge >= 0.3 is 0 Å². The van der Waals surface area contributed by atoms with Crippen molar-refractivity contribution in [1.82, 2.24) is 33.7 Å². The van der Waals surface area contributed by atoms with Gasteiger partial charge in [0.15, 0.2) is 0 Å². The Kier molecular flexibility index (Phi) is 3.88. The van der Waals surface area contributed by atoms with Crippen molar-refractivity contribution >= 4 is 21.4 Å². The van der Waals surface area contributed by atoms with Crippen molar-refractivity contribution < 1.29 is 8.42 Å². The largest absolute Gasteiger partial charge is 0.272 e. The number of aryl methyl sites for hydroxylation is 2. The summed E-state index contributed by atoms with van der Waals surface area (Å²) in [5.41, 5.74) is 3.62. The molecule has 4 heterocycles. The Morgan fingerprint density at radius 3 is 2.54 bits per heavy atom. The second kappa shape index (κ2) is 5.99. The van der Waals surface area contributed by atoms with Gasteiger partial charge in [0.1, 0.15) is 11.2 Å². The van der Waals surface area contributed by atoms with Gasteiger partial charge in [-0.05, 0) is 25.8 Å². The van der Waals surface area contributed by atoms with E-state index in [1.807, 2.05) is 13.0 Å². The minimum Gasteiger partial charge on any atom is -0.272 e. The van der Waals surface area contributed by atoms with Crippen LogP contribution in [0.4, 0.5) is 0 Å². The van der Waals surface area contributed by atoms with Gasteiger partial charge < -0.3 is 0 Å². The molecule has 1 aliphatic rings. The molecule has 3 aromatic heterocycles. The molecule has 3 aromatic rings. The maximum atomic E-state index is 12.9. The smallest absolute Gasteiger partial charge is 0.252 e. The number of fused-ring (bicyclic) bond motifs is 1. The molecule has 136 valence electrons. The molecule has 10 heteroatoms.